The summed E-state index contributed by atoms with van der Waals surface area (Å²) in [5, 5.41) is 0.279. The predicted molar refractivity (Wildman–Crippen MR) is 68.4 cm³/mol. The van der Waals surface area contributed by atoms with Crippen LogP contribution in [0, 0.1) is 0 Å². The van der Waals surface area contributed by atoms with Gasteiger partial charge in [-0.2, -0.15) is 0 Å². The maximum Gasteiger partial charge on any atom is 0.573 e. The molecule has 20 heavy (non-hydrogen) atoms. The number of pyridine rings is 1. The molecule has 2 rings (SSSR count). The summed E-state index contributed by atoms with van der Waals surface area (Å²) in [6.07, 6.45) is -3.32. The van der Waals surface area contributed by atoms with Crippen LogP contribution in [0.15, 0.2) is 42.6 Å². The first kappa shape index (κ1) is 14.6. The maximum atomic E-state index is 12.4. The average Bonchev–Trinajstić information content (AvgIpc) is 2.37. The van der Waals surface area contributed by atoms with Gasteiger partial charge in [-0.3, -0.25) is 4.98 Å². The van der Waals surface area contributed by atoms with E-state index < -0.39 is 12.4 Å². The third kappa shape index (κ3) is 3.40. The van der Waals surface area contributed by atoms with E-state index in [4.69, 9.17) is 17.3 Å². The number of ether oxygens (including phenoxy) is 1. The average molecular weight is 303 g/mol. The summed E-state index contributed by atoms with van der Waals surface area (Å²) in [7, 11) is 0. The molecule has 106 valence electrons. The molecule has 1 unspecified atom stereocenters. The molecule has 0 spiro atoms. The Kier molecular flexibility index (Phi) is 4.15. The van der Waals surface area contributed by atoms with E-state index in [0.717, 1.165) is 0 Å². The van der Waals surface area contributed by atoms with E-state index in [1.807, 2.05) is 0 Å². The largest absolute Gasteiger partial charge is 0.573 e. The summed E-state index contributed by atoms with van der Waals surface area (Å²) < 4.78 is 41.0. The van der Waals surface area contributed by atoms with Crippen LogP contribution in [0.4, 0.5) is 13.2 Å². The predicted octanol–water partition coefficient (Wildman–Crippen LogP) is 3.68. The first-order chi connectivity index (χ1) is 9.38. The highest BCUT2D eigenvalue weighted by atomic mass is 35.5. The molecule has 0 aliphatic heterocycles. The van der Waals surface area contributed by atoms with Gasteiger partial charge >= 0.3 is 6.36 Å². The van der Waals surface area contributed by atoms with Crippen LogP contribution in [0.3, 0.4) is 0 Å². The minimum atomic E-state index is -4.79. The molecular formula is C13H10ClF3N2O. The Labute approximate surface area is 118 Å². The highest BCUT2D eigenvalue weighted by Gasteiger charge is 2.33. The minimum absolute atomic E-state index is 0.158. The fraction of sp³-hybridized carbons (Fsp3) is 0.154. The van der Waals surface area contributed by atoms with Crippen LogP contribution in [0.2, 0.25) is 5.02 Å². The Hall–Kier alpha value is -1.79. The molecule has 0 aliphatic carbocycles. The van der Waals surface area contributed by atoms with Gasteiger partial charge < -0.3 is 10.5 Å². The Morgan fingerprint density at radius 2 is 1.85 bits per heavy atom. The van der Waals surface area contributed by atoms with Gasteiger partial charge in [-0.25, -0.2) is 0 Å². The highest BCUT2D eigenvalue weighted by Crippen LogP contribution is 2.33. The van der Waals surface area contributed by atoms with E-state index in [9.17, 15) is 13.2 Å². The lowest BCUT2D eigenvalue weighted by Crippen LogP contribution is -2.21. The zero-order chi connectivity index (χ0) is 14.8. The van der Waals surface area contributed by atoms with Gasteiger partial charge in [0, 0.05) is 11.8 Å². The zero-order valence-corrected chi connectivity index (χ0v) is 10.8. The number of aromatic nitrogens is 1. The molecular weight excluding hydrogens is 293 g/mol. The third-order valence-electron chi connectivity index (χ3n) is 2.56. The first-order valence-corrected chi connectivity index (χ1v) is 5.97. The fourth-order valence-corrected chi connectivity index (χ4v) is 1.97. The highest BCUT2D eigenvalue weighted by molar-refractivity contribution is 6.31. The van der Waals surface area contributed by atoms with Crippen LogP contribution >= 0.6 is 11.6 Å². The zero-order valence-electron chi connectivity index (χ0n) is 10.1. The maximum absolute atomic E-state index is 12.4. The molecule has 0 bridgehead atoms. The van der Waals surface area contributed by atoms with Gasteiger partial charge in [0.2, 0.25) is 0 Å². The molecule has 1 aromatic heterocycles. The van der Waals surface area contributed by atoms with Crippen molar-refractivity contribution in [3.8, 4) is 5.75 Å². The van der Waals surface area contributed by atoms with Crippen LogP contribution in [-0.2, 0) is 0 Å². The number of para-hydroxylation sites is 1. The normalized spacial score (nSPS) is 13.1. The minimum Gasteiger partial charge on any atom is -0.405 e. The molecule has 0 radical (unpaired) electrons. The monoisotopic (exact) mass is 302 g/mol. The van der Waals surface area contributed by atoms with Crippen molar-refractivity contribution >= 4 is 11.6 Å². The lowest BCUT2D eigenvalue weighted by atomic mass is 10.0. The molecule has 1 aromatic carbocycles. The van der Waals surface area contributed by atoms with Crippen LogP contribution in [0.5, 0.6) is 5.75 Å². The van der Waals surface area contributed by atoms with E-state index in [1.54, 1.807) is 18.2 Å². The number of benzene rings is 1. The van der Waals surface area contributed by atoms with Gasteiger partial charge in [-0.05, 0) is 18.2 Å². The van der Waals surface area contributed by atoms with Gasteiger partial charge in [-0.15, -0.1) is 13.2 Å². The molecule has 7 heteroatoms. The molecule has 2 aromatic rings. The van der Waals surface area contributed by atoms with Crippen molar-refractivity contribution in [3.63, 3.8) is 0 Å². The van der Waals surface area contributed by atoms with Crippen LogP contribution < -0.4 is 10.5 Å². The smallest absolute Gasteiger partial charge is 0.405 e. The van der Waals surface area contributed by atoms with E-state index in [2.05, 4.69) is 9.72 Å². The summed E-state index contributed by atoms with van der Waals surface area (Å²) in [4.78, 5) is 4.00. The molecule has 2 N–H and O–H groups in total. The Morgan fingerprint density at radius 3 is 2.50 bits per heavy atom. The molecule has 0 saturated carbocycles. The summed E-state index contributed by atoms with van der Waals surface area (Å²) in [5.74, 6) is -0.366. The van der Waals surface area contributed by atoms with Crippen molar-refractivity contribution in [3.05, 3.63) is 58.9 Å². The van der Waals surface area contributed by atoms with Crippen molar-refractivity contribution in [2.75, 3.05) is 0 Å². The molecule has 0 aliphatic rings. The van der Waals surface area contributed by atoms with E-state index in [-0.39, 0.29) is 22.0 Å². The second-order valence-corrected chi connectivity index (χ2v) is 4.34. The van der Waals surface area contributed by atoms with Gasteiger partial charge in [-0.1, -0.05) is 29.8 Å². The van der Waals surface area contributed by atoms with Gasteiger partial charge in [0.25, 0.3) is 0 Å². The number of rotatable bonds is 3. The lowest BCUT2D eigenvalue weighted by Gasteiger charge is -2.18. The fourth-order valence-electron chi connectivity index (χ4n) is 1.73. The second kappa shape index (κ2) is 5.68. The topological polar surface area (TPSA) is 48.1 Å². The number of alkyl halides is 3. The summed E-state index contributed by atoms with van der Waals surface area (Å²) in [6, 6.07) is 7.89. The van der Waals surface area contributed by atoms with Crippen molar-refractivity contribution in [2.45, 2.75) is 12.4 Å². The van der Waals surface area contributed by atoms with Gasteiger partial charge in [0.05, 0.1) is 16.8 Å². The molecule has 0 saturated heterocycles. The molecule has 1 atom stereocenters. The Morgan fingerprint density at radius 1 is 1.15 bits per heavy atom. The third-order valence-corrected chi connectivity index (χ3v) is 2.88. The lowest BCUT2D eigenvalue weighted by molar-refractivity contribution is -0.274. The van der Waals surface area contributed by atoms with E-state index in [0.29, 0.717) is 0 Å². The van der Waals surface area contributed by atoms with Crippen LogP contribution in [-0.4, -0.2) is 11.3 Å². The van der Waals surface area contributed by atoms with Crippen LogP contribution in [0.25, 0.3) is 0 Å². The number of nitrogens with two attached hydrogens (primary N) is 1. The van der Waals surface area contributed by atoms with E-state index in [1.165, 1.54) is 24.4 Å². The summed E-state index contributed by atoms with van der Waals surface area (Å²) >= 11 is 5.95. The molecule has 0 amide bonds. The first-order valence-electron chi connectivity index (χ1n) is 5.59. The van der Waals surface area contributed by atoms with Gasteiger partial charge in [0.15, 0.2) is 0 Å². The summed E-state index contributed by atoms with van der Waals surface area (Å²) in [5.41, 5.74) is 6.38. The van der Waals surface area contributed by atoms with Gasteiger partial charge in [0.1, 0.15) is 5.75 Å². The quantitative estimate of drug-likeness (QED) is 0.941. The number of hydrogen-bond acceptors (Lipinski definition) is 3. The van der Waals surface area contributed by atoms with Crippen molar-refractivity contribution < 1.29 is 17.9 Å². The summed E-state index contributed by atoms with van der Waals surface area (Å²) in [6.45, 7) is 0. The number of nitrogens with zero attached hydrogens (tertiary/aromatic N) is 1. The Balaban J connectivity index is 2.40. The van der Waals surface area contributed by atoms with Crippen LogP contribution in [0.1, 0.15) is 17.3 Å². The van der Waals surface area contributed by atoms with E-state index >= 15 is 0 Å². The van der Waals surface area contributed by atoms with Crippen molar-refractivity contribution in [1.82, 2.24) is 4.98 Å². The van der Waals surface area contributed by atoms with Crippen molar-refractivity contribution in [1.29, 1.82) is 0 Å². The SMILES string of the molecule is NC(c1ccccc1OC(F)(F)F)c1ncccc1Cl. The Bertz CT molecular complexity index is 604. The molecule has 1 heterocycles. The van der Waals surface area contributed by atoms with Crippen molar-refractivity contribution in [2.24, 2.45) is 5.73 Å². The molecule has 3 nitrogen and oxygen atoms in total. The molecule has 0 fully saturated rings. The number of hydrogen-bond donors (Lipinski definition) is 1. The number of halogens is 4. The standard InChI is InChI=1S/C13H10ClF3N2O/c14-9-5-3-7-19-12(9)11(18)8-4-1-2-6-10(8)20-13(15,16)17/h1-7,11H,18H2. The second-order valence-electron chi connectivity index (χ2n) is 3.93.